The molecule has 2 heterocycles. The SMILES string of the molecule is CC(C)C1CCc2cc3c(nc2C1)NCCC3. The van der Waals surface area contributed by atoms with Crippen LogP contribution < -0.4 is 5.32 Å². The van der Waals surface area contributed by atoms with Crippen LogP contribution >= 0.6 is 0 Å². The van der Waals surface area contributed by atoms with E-state index in [1.54, 1.807) is 0 Å². The zero-order valence-corrected chi connectivity index (χ0v) is 10.9. The molecule has 2 nitrogen and oxygen atoms in total. The first-order valence-corrected chi connectivity index (χ1v) is 6.99. The van der Waals surface area contributed by atoms with E-state index in [4.69, 9.17) is 4.98 Å². The Bertz CT molecular complexity index is 423. The third kappa shape index (κ3) is 2.05. The second kappa shape index (κ2) is 4.32. The highest BCUT2D eigenvalue weighted by atomic mass is 15.0. The molecule has 1 aromatic heterocycles. The van der Waals surface area contributed by atoms with Gasteiger partial charge in [0.2, 0.25) is 0 Å². The minimum absolute atomic E-state index is 0.786. The summed E-state index contributed by atoms with van der Waals surface area (Å²) in [6.07, 6.45) is 6.22. The summed E-state index contributed by atoms with van der Waals surface area (Å²) < 4.78 is 0. The normalized spacial score (nSPS) is 22.9. The number of rotatable bonds is 1. The molecule has 1 N–H and O–H groups in total. The molecule has 0 radical (unpaired) electrons. The average Bonchev–Trinajstić information content (AvgIpc) is 2.35. The van der Waals surface area contributed by atoms with Crippen molar-refractivity contribution in [1.29, 1.82) is 0 Å². The molecule has 3 rings (SSSR count). The maximum Gasteiger partial charge on any atom is 0.129 e. The van der Waals surface area contributed by atoms with Crippen molar-refractivity contribution in [3.63, 3.8) is 0 Å². The van der Waals surface area contributed by atoms with Crippen LogP contribution in [0.5, 0.6) is 0 Å². The van der Waals surface area contributed by atoms with Crippen LogP contribution in [0.3, 0.4) is 0 Å². The van der Waals surface area contributed by atoms with Gasteiger partial charge in [-0.3, -0.25) is 0 Å². The van der Waals surface area contributed by atoms with Gasteiger partial charge in [0.25, 0.3) is 0 Å². The van der Waals surface area contributed by atoms with Crippen molar-refractivity contribution in [2.45, 2.75) is 46.0 Å². The molecule has 1 atom stereocenters. The van der Waals surface area contributed by atoms with Crippen molar-refractivity contribution in [2.75, 3.05) is 11.9 Å². The van der Waals surface area contributed by atoms with Gasteiger partial charge in [0.15, 0.2) is 0 Å². The summed E-state index contributed by atoms with van der Waals surface area (Å²) in [6, 6.07) is 2.42. The van der Waals surface area contributed by atoms with Crippen LogP contribution in [0.15, 0.2) is 6.07 Å². The first-order chi connectivity index (χ1) is 8.24. The third-order valence-corrected chi connectivity index (χ3v) is 4.37. The Morgan fingerprint density at radius 1 is 1.29 bits per heavy atom. The molecule has 1 aliphatic carbocycles. The molecule has 1 aromatic rings. The summed E-state index contributed by atoms with van der Waals surface area (Å²) in [5.41, 5.74) is 4.32. The van der Waals surface area contributed by atoms with Crippen molar-refractivity contribution in [1.82, 2.24) is 4.98 Å². The predicted molar refractivity (Wildman–Crippen MR) is 71.4 cm³/mol. The number of nitrogens with one attached hydrogen (secondary N) is 1. The smallest absolute Gasteiger partial charge is 0.129 e. The molecule has 0 bridgehead atoms. The van der Waals surface area contributed by atoms with Crippen molar-refractivity contribution < 1.29 is 0 Å². The molecule has 0 fully saturated rings. The van der Waals surface area contributed by atoms with Gasteiger partial charge in [-0.05, 0) is 55.1 Å². The second-order valence-electron chi connectivity index (χ2n) is 5.88. The summed E-state index contributed by atoms with van der Waals surface area (Å²) in [5, 5.41) is 3.45. The summed E-state index contributed by atoms with van der Waals surface area (Å²) in [6.45, 7) is 5.77. The fourth-order valence-corrected chi connectivity index (χ4v) is 3.12. The molecule has 2 aliphatic rings. The number of hydrogen-bond acceptors (Lipinski definition) is 2. The number of hydrogen-bond donors (Lipinski definition) is 1. The second-order valence-corrected chi connectivity index (χ2v) is 5.88. The molecule has 1 unspecified atom stereocenters. The van der Waals surface area contributed by atoms with Crippen LogP contribution in [-0.2, 0) is 19.3 Å². The van der Waals surface area contributed by atoms with Gasteiger partial charge in [0, 0.05) is 12.2 Å². The predicted octanol–water partition coefficient (Wildman–Crippen LogP) is 3.20. The van der Waals surface area contributed by atoms with Crippen LogP contribution in [0, 0.1) is 11.8 Å². The minimum atomic E-state index is 0.786. The molecule has 17 heavy (non-hydrogen) atoms. The van der Waals surface area contributed by atoms with Gasteiger partial charge in [-0.1, -0.05) is 19.9 Å². The number of fused-ring (bicyclic) bond motifs is 2. The van der Waals surface area contributed by atoms with Crippen LogP contribution in [-0.4, -0.2) is 11.5 Å². The maximum absolute atomic E-state index is 4.88. The number of pyridine rings is 1. The summed E-state index contributed by atoms with van der Waals surface area (Å²) in [7, 11) is 0. The van der Waals surface area contributed by atoms with Gasteiger partial charge >= 0.3 is 0 Å². The lowest BCUT2D eigenvalue weighted by atomic mass is 9.80. The average molecular weight is 230 g/mol. The van der Waals surface area contributed by atoms with Crippen LogP contribution in [0.2, 0.25) is 0 Å². The van der Waals surface area contributed by atoms with E-state index in [9.17, 15) is 0 Å². The number of aromatic nitrogens is 1. The highest BCUT2D eigenvalue weighted by molar-refractivity contribution is 5.50. The van der Waals surface area contributed by atoms with Crippen molar-refractivity contribution in [3.05, 3.63) is 22.9 Å². The fourth-order valence-electron chi connectivity index (χ4n) is 3.12. The quantitative estimate of drug-likeness (QED) is 0.801. The molecule has 0 saturated carbocycles. The molecule has 0 spiro atoms. The fraction of sp³-hybridized carbons (Fsp3) is 0.667. The lowest BCUT2D eigenvalue weighted by Crippen LogP contribution is -2.22. The molecule has 0 amide bonds. The van der Waals surface area contributed by atoms with Gasteiger partial charge in [-0.2, -0.15) is 0 Å². The molecule has 0 saturated heterocycles. The highest BCUT2D eigenvalue weighted by Crippen LogP contribution is 2.32. The number of aryl methyl sites for hydroxylation is 2. The molecule has 92 valence electrons. The van der Waals surface area contributed by atoms with Crippen LogP contribution in [0.4, 0.5) is 5.82 Å². The van der Waals surface area contributed by atoms with E-state index in [0.29, 0.717) is 0 Å². The van der Waals surface area contributed by atoms with Gasteiger partial charge in [-0.25, -0.2) is 4.98 Å². The molecular formula is C15H22N2. The zero-order valence-electron chi connectivity index (χ0n) is 10.9. The van der Waals surface area contributed by atoms with E-state index in [1.165, 1.54) is 54.7 Å². The molecule has 0 aromatic carbocycles. The van der Waals surface area contributed by atoms with Gasteiger partial charge < -0.3 is 5.32 Å². The minimum Gasteiger partial charge on any atom is -0.370 e. The monoisotopic (exact) mass is 230 g/mol. The first kappa shape index (κ1) is 11.1. The van der Waals surface area contributed by atoms with Crippen molar-refractivity contribution in [2.24, 2.45) is 11.8 Å². The topological polar surface area (TPSA) is 24.9 Å². The Labute approximate surface area is 104 Å². The largest absolute Gasteiger partial charge is 0.370 e. The van der Waals surface area contributed by atoms with Gasteiger partial charge in [0.1, 0.15) is 5.82 Å². The van der Waals surface area contributed by atoms with Gasteiger partial charge in [-0.15, -0.1) is 0 Å². The summed E-state index contributed by atoms with van der Waals surface area (Å²) in [5.74, 6) is 2.78. The lowest BCUT2D eigenvalue weighted by molar-refractivity contribution is 0.339. The summed E-state index contributed by atoms with van der Waals surface area (Å²) >= 11 is 0. The van der Waals surface area contributed by atoms with E-state index in [0.717, 1.165) is 18.4 Å². The Balaban J connectivity index is 1.92. The maximum atomic E-state index is 4.88. The number of anilines is 1. The van der Waals surface area contributed by atoms with E-state index >= 15 is 0 Å². The van der Waals surface area contributed by atoms with E-state index in [1.807, 2.05) is 0 Å². The van der Waals surface area contributed by atoms with E-state index in [-0.39, 0.29) is 0 Å². The Morgan fingerprint density at radius 3 is 3.00 bits per heavy atom. The van der Waals surface area contributed by atoms with Crippen LogP contribution in [0.1, 0.15) is 43.5 Å². The zero-order chi connectivity index (χ0) is 11.8. The Hall–Kier alpha value is -1.05. The Kier molecular flexibility index (Phi) is 2.81. The Morgan fingerprint density at radius 2 is 2.18 bits per heavy atom. The standard InChI is InChI=1S/C15H22N2/c1-10(2)11-5-6-12-8-13-4-3-7-16-15(13)17-14(12)9-11/h8,10-11H,3-7,9H2,1-2H3,(H,16,17). The summed E-state index contributed by atoms with van der Waals surface area (Å²) in [4.78, 5) is 4.88. The molecule has 2 heteroatoms. The molecular weight excluding hydrogens is 208 g/mol. The highest BCUT2D eigenvalue weighted by Gasteiger charge is 2.24. The molecule has 1 aliphatic heterocycles. The van der Waals surface area contributed by atoms with E-state index in [2.05, 4.69) is 25.2 Å². The van der Waals surface area contributed by atoms with Crippen molar-refractivity contribution in [3.8, 4) is 0 Å². The lowest BCUT2D eigenvalue weighted by Gasteiger charge is -2.29. The number of nitrogens with zero attached hydrogens (tertiary/aromatic N) is 1. The van der Waals surface area contributed by atoms with Gasteiger partial charge in [0.05, 0.1) is 0 Å². The first-order valence-electron chi connectivity index (χ1n) is 6.99. The third-order valence-electron chi connectivity index (χ3n) is 4.37. The van der Waals surface area contributed by atoms with E-state index < -0.39 is 0 Å². The van der Waals surface area contributed by atoms with Crippen molar-refractivity contribution >= 4 is 5.82 Å². The van der Waals surface area contributed by atoms with Crippen LogP contribution in [0.25, 0.3) is 0 Å².